The lowest BCUT2D eigenvalue weighted by molar-refractivity contribution is -0.0577. The van der Waals surface area contributed by atoms with Crippen LogP contribution in [0, 0.1) is 0 Å². The van der Waals surface area contributed by atoms with Crippen LogP contribution in [0.5, 0.6) is 0 Å². The molecule has 0 aliphatic carbocycles. The highest BCUT2D eigenvalue weighted by Gasteiger charge is 2.38. The van der Waals surface area contributed by atoms with Gasteiger partial charge < -0.3 is 4.90 Å². The summed E-state index contributed by atoms with van der Waals surface area (Å²) in [5, 5.41) is 0. The van der Waals surface area contributed by atoms with Gasteiger partial charge in [-0.25, -0.2) is 0 Å². The van der Waals surface area contributed by atoms with Gasteiger partial charge in [0.15, 0.2) is 4.99 Å². The van der Waals surface area contributed by atoms with E-state index in [-0.39, 0.29) is 6.54 Å². The molecule has 1 heterocycles. The first-order valence-corrected chi connectivity index (χ1v) is 8.02. The molecule has 114 valence electrons. The van der Waals surface area contributed by atoms with Crippen LogP contribution in [-0.4, -0.2) is 11.2 Å². The van der Waals surface area contributed by atoms with E-state index in [0.29, 0.717) is 5.69 Å². The van der Waals surface area contributed by atoms with Crippen LogP contribution in [0.3, 0.4) is 0 Å². The van der Waals surface area contributed by atoms with Gasteiger partial charge in [-0.1, -0.05) is 42.5 Å². The van der Waals surface area contributed by atoms with E-state index >= 15 is 0 Å². The maximum atomic E-state index is 13.1. The number of hydrogen-bond acceptors (Lipinski definition) is 2. The van der Waals surface area contributed by atoms with Gasteiger partial charge in [-0.15, -0.1) is 11.8 Å². The molecule has 0 unspecified atom stereocenters. The van der Waals surface area contributed by atoms with Crippen LogP contribution in [0.25, 0.3) is 0 Å². The minimum absolute atomic E-state index is 0.111. The molecule has 1 nitrogen and oxygen atoms in total. The van der Waals surface area contributed by atoms with Gasteiger partial charge >= 0.3 is 6.18 Å². The Morgan fingerprint density at radius 2 is 1.77 bits per heavy atom. The summed E-state index contributed by atoms with van der Waals surface area (Å²) in [5.74, 6) is 0.793. The van der Waals surface area contributed by atoms with Crippen LogP contribution in [0.2, 0.25) is 0 Å². The zero-order valence-electron chi connectivity index (χ0n) is 11.4. The lowest BCUT2D eigenvalue weighted by atomic mass is 10.1. The van der Waals surface area contributed by atoms with Crippen molar-refractivity contribution in [3.63, 3.8) is 0 Å². The summed E-state index contributed by atoms with van der Waals surface area (Å²) in [6, 6.07) is 14.7. The van der Waals surface area contributed by atoms with Crippen molar-refractivity contribution in [3.05, 3.63) is 59.7 Å². The Hall–Kier alpha value is -1.53. The number of halogens is 3. The number of thioether (sulfide) groups is 1. The van der Waals surface area contributed by atoms with Crippen LogP contribution in [0.1, 0.15) is 11.1 Å². The molecule has 6 heteroatoms. The van der Waals surface area contributed by atoms with Crippen molar-refractivity contribution in [3.8, 4) is 0 Å². The summed E-state index contributed by atoms with van der Waals surface area (Å²) < 4.78 is 39.3. The van der Waals surface area contributed by atoms with Crippen LogP contribution in [0.15, 0.2) is 53.4 Å². The van der Waals surface area contributed by atoms with Crippen LogP contribution >= 0.6 is 24.0 Å². The molecule has 2 aromatic rings. The van der Waals surface area contributed by atoms with Gasteiger partial charge in [0, 0.05) is 22.9 Å². The highest BCUT2D eigenvalue weighted by molar-refractivity contribution is 7.98. The van der Waals surface area contributed by atoms with Gasteiger partial charge in [-0.05, 0) is 29.3 Å². The molecule has 0 saturated heterocycles. The Morgan fingerprint density at radius 3 is 2.55 bits per heavy atom. The predicted octanol–water partition coefficient (Wildman–Crippen LogP) is 5.19. The molecule has 3 rings (SSSR count). The Kier molecular flexibility index (Phi) is 4.14. The molecule has 4 bridgehead atoms. The fourth-order valence-electron chi connectivity index (χ4n) is 2.34. The molecule has 0 aromatic heterocycles. The fraction of sp³-hybridized carbons (Fsp3) is 0.188. The van der Waals surface area contributed by atoms with Gasteiger partial charge in [0.2, 0.25) is 0 Å². The third-order valence-corrected chi connectivity index (χ3v) is 4.87. The van der Waals surface area contributed by atoms with E-state index in [1.165, 1.54) is 0 Å². The number of rotatable bonds is 0. The molecule has 0 radical (unpaired) electrons. The fourth-order valence-corrected chi connectivity index (χ4v) is 3.40. The van der Waals surface area contributed by atoms with Crippen molar-refractivity contribution in [1.29, 1.82) is 0 Å². The summed E-state index contributed by atoms with van der Waals surface area (Å²) in [6.07, 6.45) is -4.53. The van der Waals surface area contributed by atoms with Gasteiger partial charge in [-0.3, -0.25) is 0 Å². The van der Waals surface area contributed by atoms with Crippen LogP contribution < -0.4 is 4.90 Å². The summed E-state index contributed by atoms with van der Waals surface area (Å²) in [7, 11) is 0. The molecule has 22 heavy (non-hydrogen) atoms. The van der Waals surface area contributed by atoms with E-state index in [4.69, 9.17) is 0 Å². The third-order valence-electron chi connectivity index (χ3n) is 3.35. The highest BCUT2D eigenvalue weighted by Crippen LogP contribution is 2.32. The first-order valence-electron chi connectivity index (χ1n) is 6.63. The molecule has 0 saturated carbocycles. The minimum atomic E-state index is -4.53. The first-order chi connectivity index (χ1) is 10.4. The number of thiocarbonyl (C=S) groups is 1. The molecule has 0 spiro atoms. The molecule has 0 amide bonds. The zero-order valence-corrected chi connectivity index (χ0v) is 13.1. The molecular weight excluding hydrogens is 327 g/mol. The SMILES string of the molecule is FC(F)(F)C(=S)N1Cc2cccc(c2)CSc2cccc1c2. The molecular formula is C16H12F3NS2. The van der Waals surface area contributed by atoms with E-state index in [2.05, 4.69) is 12.2 Å². The Morgan fingerprint density at radius 1 is 1.05 bits per heavy atom. The molecule has 0 N–H and O–H groups in total. The maximum Gasteiger partial charge on any atom is 0.442 e. The predicted molar refractivity (Wildman–Crippen MR) is 87.3 cm³/mol. The Bertz CT molecular complexity index is 713. The monoisotopic (exact) mass is 339 g/mol. The lowest BCUT2D eigenvalue weighted by Crippen LogP contribution is -2.39. The number of anilines is 1. The second-order valence-corrected chi connectivity index (χ2v) is 6.43. The number of fused-ring (bicyclic) bond motifs is 4. The summed E-state index contributed by atoms with van der Waals surface area (Å²) in [5.41, 5.74) is 2.38. The number of hydrogen-bond donors (Lipinski definition) is 0. The lowest BCUT2D eigenvalue weighted by Gasteiger charge is -2.28. The summed E-state index contributed by atoms with van der Waals surface area (Å²) in [6.45, 7) is 0.111. The molecule has 2 aromatic carbocycles. The van der Waals surface area contributed by atoms with Crippen molar-refractivity contribution in [1.82, 2.24) is 0 Å². The second-order valence-electron chi connectivity index (χ2n) is 5.00. The average Bonchev–Trinajstić information content (AvgIpc) is 2.49. The quantitative estimate of drug-likeness (QED) is 0.608. The van der Waals surface area contributed by atoms with Crippen LogP contribution in [0.4, 0.5) is 18.9 Å². The number of nitrogens with zero attached hydrogens (tertiary/aromatic N) is 1. The van der Waals surface area contributed by atoms with Gasteiger partial charge in [0.05, 0.1) is 0 Å². The standard InChI is InChI=1S/C16H12F3NS2/c17-16(18,19)15(21)20-9-11-3-1-4-12(7-11)10-22-14-6-2-5-13(20)8-14/h1-8H,9-10H2. The van der Waals surface area contributed by atoms with E-state index < -0.39 is 11.2 Å². The minimum Gasteiger partial charge on any atom is -0.324 e. The Labute approximate surface area is 136 Å². The topological polar surface area (TPSA) is 3.24 Å². The van der Waals surface area contributed by atoms with E-state index in [1.807, 2.05) is 30.3 Å². The second kappa shape index (κ2) is 5.93. The van der Waals surface area contributed by atoms with Crippen molar-refractivity contribution in [2.45, 2.75) is 23.4 Å². The van der Waals surface area contributed by atoms with Crippen molar-refractivity contribution in [2.24, 2.45) is 0 Å². The average molecular weight is 339 g/mol. The van der Waals surface area contributed by atoms with Crippen molar-refractivity contribution < 1.29 is 13.2 Å². The molecule has 0 atom stereocenters. The van der Waals surface area contributed by atoms with Gasteiger partial charge in [0.1, 0.15) is 0 Å². The van der Waals surface area contributed by atoms with E-state index in [0.717, 1.165) is 26.7 Å². The smallest absolute Gasteiger partial charge is 0.324 e. The summed E-state index contributed by atoms with van der Waals surface area (Å²) >= 11 is 6.28. The summed E-state index contributed by atoms with van der Waals surface area (Å²) in [4.78, 5) is 1.07. The van der Waals surface area contributed by atoms with E-state index in [1.54, 1.807) is 30.0 Å². The molecule has 1 aliphatic heterocycles. The third kappa shape index (κ3) is 3.28. The van der Waals surface area contributed by atoms with Crippen LogP contribution in [-0.2, 0) is 12.3 Å². The normalized spacial score (nSPS) is 14.6. The largest absolute Gasteiger partial charge is 0.442 e. The molecule has 1 aliphatic rings. The maximum absolute atomic E-state index is 13.1. The van der Waals surface area contributed by atoms with E-state index in [9.17, 15) is 13.2 Å². The first kappa shape index (κ1) is 15.4. The molecule has 0 fully saturated rings. The number of alkyl halides is 3. The highest BCUT2D eigenvalue weighted by atomic mass is 32.2. The Balaban J connectivity index is 2.08. The van der Waals surface area contributed by atoms with Gasteiger partial charge in [-0.2, -0.15) is 13.2 Å². The van der Waals surface area contributed by atoms with Crippen molar-refractivity contribution in [2.75, 3.05) is 4.90 Å². The number of benzene rings is 2. The van der Waals surface area contributed by atoms with Gasteiger partial charge in [0.25, 0.3) is 0 Å². The zero-order chi connectivity index (χ0) is 15.7. The van der Waals surface area contributed by atoms with Crippen molar-refractivity contribution >= 4 is 34.7 Å².